The minimum atomic E-state index is -0.792. The van der Waals surface area contributed by atoms with Gasteiger partial charge in [-0.25, -0.2) is 4.98 Å². The summed E-state index contributed by atoms with van der Waals surface area (Å²) in [4.78, 5) is 24.8. The molecular formula is C19H20ClN5O4. The predicted molar refractivity (Wildman–Crippen MR) is 109 cm³/mol. The minimum absolute atomic E-state index is 0. The van der Waals surface area contributed by atoms with Crippen molar-refractivity contribution in [3.63, 3.8) is 0 Å². The van der Waals surface area contributed by atoms with Crippen molar-refractivity contribution in [1.82, 2.24) is 15.0 Å². The molecule has 1 aromatic carbocycles. The molecule has 0 aliphatic heterocycles. The number of methoxy groups -OCH3 is 2. The lowest BCUT2D eigenvalue weighted by molar-refractivity contribution is 0.0992. The van der Waals surface area contributed by atoms with E-state index in [-0.39, 0.29) is 42.1 Å². The van der Waals surface area contributed by atoms with Crippen molar-refractivity contribution >= 4 is 18.3 Å². The van der Waals surface area contributed by atoms with Crippen LogP contribution in [0.2, 0.25) is 0 Å². The summed E-state index contributed by atoms with van der Waals surface area (Å²) in [7, 11) is 2.91. The summed E-state index contributed by atoms with van der Waals surface area (Å²) in [6.45, 7) is 0.253. The number of carbonyl (C=O) groups excluding carboxylic acids is 1. The molecule has 2 aromatic heterocycles. The van der Waals surface area contributed by atoms with Gasteiger partial charge < -0.3 is 25.7 Å². The molecule has 152 valence electrons. The van der Waals surface area contributed by atoms with E-state index in [0.717, 1.165) is 0 Å². The van der Waals surface area contributed by atoms with Crippen LogP contribution in [0.1, 0.15) is 16.2 Å². The van der Waals surface area contributed by atoms with E-state index in [9.17, 15) is 4.79 Å². The van der Waals surface area contributed by atoms with Gasteiger partial charge in [-0.1, -0.05) is 12.1 Å². The third kappa shape index (κ3) is 4.71. The number of aromatic nitrogens is 3. The minimum Gasteiger partial charge on any atom is -0.493 e. The van der Waals surface area contributed by atoms with Gasteiger partial charge in [0.25, 0.3) is 11.8 Å². The van der Waals surface area contributed by atoms with Crippen molar-refractivity contribution in [3.05, 3.63) is 54.0 Å². The Bertz CT molecular complexity index is 1020. The van der Waals surface area contributed by atoms with Crippen molar-refractivity contribution in [2.45, 2.75) is 6.54 Å². The first-order valence-electron chi connectivity index (χ1n) is 8.29. The van der Waals surface area contributed by atoms with Gasteiger partial charge in [-0.05, 0) is 24.3 Å². The third-order valence-corrected chi connectivity index (χ3v) is 3.83. The monoisotopic (exact) mass is 417 g/mol. The standard InChI is InChI=1S/C19H19N5O4.ClH/c1-26-13-5-3-4-6-14(13)28-16-15(17(21)25)23-18(24-19(16)27-2)11-7-8-22-12(9-11)10-20;/h3-9H,10,20H2,1-2H3,(H2,21,25);1H. The van der Waals surface area contributed by atoms with Gasteiger partial charge in [0.05, 0.1) is 19.9 Å². The Labute approximate surface area is 173 Å². The number of benzene rings is 1. The second-order valence-corrected chi connectivity index (χ2v) is 5.59. The number of nitrogens with two attached hydrogens (primary N) is 2. The summed E-state index contributed by atoms with van der Waals surface area (Å²) in [5.41, 5.74) is 12.3. The van der Waals surface area contributed by atoms with Gasteiger partial charge in [0.15, 0.2) is 23.0 Å². The number of halogens is 1. The van der Waals surface area contributed by atoms with Gasteiger partial charge in [0.2, 0.25) is 5.75 Å². The van der Waals surface area contributed by atoms with Crippen LogP contribution in [0.15, 0.2) is 42.6 Å². The van der Waals surface area contributed by atoms with Gasteiger partial charge >= 0.3 is 0 Å². The molecule has 0 saturated carbocycles. The number of hydrogen-bond donors (Lipinski definition) is 2. The molecule has 4 N–H and O–H groups in total. The highest BCUT2D eigenvalue weighted by atomic mass is 35.5. The number of hydrogen-bond acceptors (Lipinski definition) is 8. The van der Waals surface area contributed by atoms with Crippen LogP contribution in [0.5, 0.6) is 23.1 Å². The highest BCUT2D eigenvalue weighted by Gasteiger charge is 2.23. The molecule has 1 amide bonds. The van der Waals surface area contributed by atoms with Crippen molar-refractivity contribution in [2.24, 2.45) is 11.5 Å². The van der Waals surface area contributed by atoms with Crippen LogP contribution in [-0.4, -0.2) is 35.1 Å². The lowest BCUT2D eigenvalue weighted by Gasteiger charge is -2.15. The SMILES string of the molecule is COc1ccccc1Oc1c(OC)nc(-c2ccnc(CN)c2)nc1C(N)=O.Cl. The number of ether oxygens (including phenoxy) is 3. The van der Waals surface area contributed by atoms with E-state index in [2.05, 4.69) is 15.0 Å². The van der Waals surface area contributed by atoms with Crippen LogP contribution in [0.25, 0.3) is 11.4 Å². The maximum absolute atomic E-state index is 12.1. The quantitative estimate of drug-likeness (QED) is 0.597. The summed E-state index contributed by atoms with van der Waals surface area (Å²) in [5, 5.41) is 0. The number of amides is 1. The summed E-state index contributed by atoms with van der Waals surface area (Å²) in [5.74, 6) is 0.310. The first kappa shape index (κ1) is 21.9. The summed E-state index contributed by atoms with van der Waals surface area (Å²) >= 11 is 0. The number of pyridine rings is 1. The summed E-state index contributed by atoms with van der Waals surface area (Å²) in [6.07, 6.45) is 1.58. The molecule has 0 fully saturated rings. The molecule has 0 aliphatic carbocycles. The Morgan fingerprint density at radius 3 is 2.41 bits per heavy atom. The predicted octanol–water partition coefficient (Wildman–Crippen LogP) is 2.33. The highest BCUT2D eigenvalue weighted by Crippen LogP contribution is 2.38. The number of primary amides is 1. The fourth-order valence-electron chi connectivity index (χ4n) is 2.50. The molecule has 0 spiro atoms. The van der Waals surface area contributed by atoms with Crippen molar-refractivity contribution in [1.29, 1.82) is 0 Å². The zero-order valence-electron chi connectivity index (χ0n) is 15.8. The second kappa shape index (κ2) is 9.67. The van der Waals surface area contributed by atoms with E-state index in [1.807, 2.05) is 0 Å². The zero-order valence-corrected chi connectivity index (χ0v) is 16.6. The molecule has 0 unspecified atom stereocenters. The highest BCUT2D eigenvalue weighted by molar-refractivity contribution is 5.95. The van der Waals surface area contributed by atoms with Crippen molar-refractivity contribution in [2.75, 3.05) is 14.2 Å². The Balaban J connectivity index is 0.00000300. The number of para-hydroxylation sites is 2. The number of carbonyl (C=O) groups is 1. The third-order valence-electron chi connectivity index (χ3n) is 3.83. The van der Waals surface area contributed by atoms with E-state index in [4.69, 9.17) is 25.7 Å². The van der Waals surface area contributed by atoms with Crippen molar-refractivity contribution < 1.29 is 19.0 Å². The molecular weight excluding hydrogens is 398 g/mol. The zero-order chi connectivity index (χ0) is 20.1. The molecule has 0 aliphatic rings. The topological polar surface area (TPSA) is 135 Å². The Morgan fingerprint density at radius 1 is 1.07 bits per heavy atom. The molecule has 3 rings (SSSR count). The van der Waals surface area contributed by atoms with E-state index in [0.29, 0.717) is 22.8 Å². The average molecular weight is 418 g/mol. The van der Waals surface area contributed by atoms with Gasteiger partial charge in [-0.15, -0.1) is 12.4 Å². The Morgan fingerprint density at radius 2 is 1.79 bits per heavy atom. The fourth-order valence-corrected chi connectivity index (χ4v) is 2.50. The number of nitrogens with zero attached hydrogens (tertiary/aromatic N) is 3. The molecule has 29 heavy (non-hydrogen) atoms. The average Bonchev–Trinajstić information content (AvgIpc) is 2.74. The largest absolute Gasteiger partial charge is 0.493 e. The van der Waals surface area contributed by atoms with Crippen LogP contribution in [-0.2, 0) is 6.54 Å². The fraction of sp³-hybridized carbons (Fsp3) is 0.158. The van der Waals surface area contributed by atoms with Gasteiger partial charge in [-0.3, -0.25) is 9.78 Å². The van der Waals surface area contributed by atoms with Crippen LogP contribution in [0.3, 0.4) is 0 Å². The molecule has 9 nitrogen and oxygen atoms in total. The summed E-state index contributed by atoms with van der Waals surface area (Å²) < 4.78 is 16.4. The van der Waals surface area contributed by atoms with Gasteiger partial charge in [-0.2, -0.15) is 4.98 Å². The van der Waals surface area contributed by atoms with Crippen LogP contribution < -0.4 is 25.7 Å². The second-order valence-electron chi connectivity index (χ2n) is 5.59. The summed E-state index contributed by atoms with van der Waals surface area (Å²) in [6, 6.07) is 10.4. The van der Waals surface area contributed by atoms with Crippen LogP contribution in [0.4, 0.5) is 0 Å². The van der Waals surface area contributed by atoms with Crippen molar-refractivity contribution in [3.8, 4) is 34.5 Å². The van der Waals surface area contributed by atoms with E-state index >= 15 is 0 Å². The maximum Gasteiger partial charge on any atom is 0.271 e. The van der Waals surface area contributed by atoms with Crippen LogP contribution >= 0.6 is 12.4 Å². The Kier molecular flexibility index (Phi) is 7.29. The molecule has 2 heterocycles. The normalized spacial score (nSPS) is 10.0. The first-order valence-corrected chi connectivity index (χ1v) is 8.29. The lowest BCUT2D eigenvalue weighted by Crippen LogP contribution is -2.16. The van der Waals surface area contributed by atoms with E-state index < -0.39 is 5.91 Å². The molecule has 0 atom stereocenters. The molecule has 0 saturated heterocycles. The smallest absolute Gasteiger partial charge is 0.271 e. The molecule has 0 bridgehead atoms. The first-order chi connectivity index (χ1) is 13.6. The van der Waals surface area contributed by atoms with Crippen LogP contribution in [0, 0.1) is 0 Å². The van der Waals surface area contributed by atoms with E-state index in [1.54, 1.807) is 42.6 Å². The van der Waals surface area contributed by atoms with Gasteiger partial charge in [0.1, 0.15) is 0 Å². The maximum atomic E-state index is 12.1. The molecule has 0 radical (unpaired) electrons. The Hall–Kier alpha value is -3.43. The lowest BCUT2D eigenvalue weighted by atomic mass is 10.2. The molecule has 10 heteroatoms. The van der Waals surface area contributed by atoms with Gasteiger partial charge in [0, 0.05) is 18.3 Å². The van der Waals surface area contributed by atoms with E-state index in [1.165, 1.54) is 14.2 Å². The number of rotatable bonds is 7. The molecule has 3 aromatic rings.